The molecule has 0 aromatic heterocycles. The van der Waals surface area contributed by atoms with Crippen molar-refractivity contribution >= 4 is 11.6 Å². The minimum atomic E-state index is 0.282. The van der Waals surface area contributed by atoms with Crippen molar-refractivity contribution in [2.45, 2.75) is 51.0 Å². The SMILES string of the molecule is COc1cc(CCCCN)cc(Cl)c1OC1CCCC1. The molecule has 20 heavy (non-hydrogen) atoms. The summed E-state index contributed by atoms with van der Waals surface area (Å²) in [5.74, 6) is 1.44. The van der Waals surface area contributed by atoms with E-state index < -0.39 is 0 Å². The Labute approximate surface area is 126 Å². The predicted molar refractivity (Wildman–Crippen MR) is 82.9 cm³/mol. The Morgan fingerprint density at radius 2 is 2.00 bits per heavy atom. The summed E-state index contributed by atoms with van der Waals surface area (Å²) in [6, 6.07) is 4.03. The fourth-order valence-corrected chi connectivity index (χ4v) is 2.96. The minimum Gasteiger partial charge on any atom is -0.493 e. The van der Waals surface area contributed by atoms with E-state index in [0.717, 1.165) is 44.4 Å². The van der Waals surface area contributed by atoms with Gasteiger partial charge in [-0.15, -0.1) is 0 Å². The molecule has 1 saturated carbocycles. The number of hydrogen-bond donors (Lipinski definition) is 1. The number of halogens is 1. The van der Waals surface area contributed by atoms with Crippen LogP contribution in [-0.2, 0) is 6.42 Å². The summed E-state index contributed by atoms with van der Waals surface area (Å²) in [4.78, 5) is 0. The largest absolute Gasteiger partial charge is 0.493 e. The third-order valence-electron chi connectivity index (χ3n) is 3.80. The molecular formula is C16H24ClNO2. The second kappa shape index (κ2) is 7.75. The van der Waals surface area contributed by atoms with E-state index in [-0.39, 0.29) is 6.10 Å². The van der Waals surface area contributed by atoms with E-state index >= 15 is 0 Å². The summed E-state index contributed by atoms with van der Waals surface area (Å²) in [5.41, 5.74) is 6.70. The van der Waals surface area contributed by atoms with Crippen LogP contribution in [0.4, 0.5) is 0 Å². The first-order valence-corrected chi connectivity index (χ1v) is 7.85. The highest BCUT2D eigenvalue weighted by Crippen LogP contribution is 2.39. The van der Waals surface area contributed by atoms with E-state index in [1.807, 2.05) is 12.1 Å². The summed E-state index contributed by atoms with van der Waals surface area (Å²) < 4.78 is 11.5. The van der Waals surface area contributed by atoms with Gasteiger partial charge in [-0.3, -0.25) is 0 Å². The molecule has 1 aliphatic carbocycles. The molecule has 0 heterocycles. The van der Waals surface area contributed by atoms with E-state index in [0.29, 0.717) is 10.8 Å². The molecule has 3 nitrogen and oxygen atoms in total. The number of unbranched alkanes of at least 4 members (excludes halogenated alkanes) is 1. The van der Waals surface area contributed by atoms with Gasteiger partial charge in [-0.1, -0.05) is 11.6 Å². The van der Waals surface area contributed by atoms with Crippen molar-refractivity contribution < 1.29 is 9.47 Å². The Morgan fingerprint density at radius 1 is 1.25 bits per heavy atom. The maximum atomic E-state index is 6.37. The lowest BCUT2D eigenvalue weighted by atomic mass is 10.1. The molecular weight excluding hydrogens is 274 g/mol. The van der Waals surface area contributed by atoms with Crippen LogP contribution >= 0.6 is 11.6 Å². The number of benzene rings is 1. The van der Waals surface area contributed by atoms with Crippen molar-refractivity contribution in [3.8, 4) is 11.5 Å². The molecule has 0 saturated heterocycles. The first kappa shape index (κ1) is 15.5. The van der Waals surface area contributed by atoms with Crippen LogP contribution in [0.5, 0.6) is 11.5 Å². The normalized spacial score (nSPS) is 15.6. The zero-order valence-corrected chi connectivity index (χ0v) is 12.9. The molecule has 1 aliphatic rings. The van der Waals surface area contributed by atoms with Crippen molar-refractivity contribution in [3.05, 3.63) is 22.7 Å². The molecule has 0 atom stereocenters. The number of rotatable bonds is 7. The third-order valence-corrected chi connectivity index (χ3v) is 4.08. The zero-order valence-electron chi connectivity index (χ0n) is 12.2. The lowest BCUT2D eigenvalue weighted by Gasteiger charge is -2.18. The summed E-state index contributed by atoms with van der Waals surface area (Å²) in [6.07, 6.45) is 8.04. The van der Waals surface area contributed by atoms with Gasteiger partial charge in [0.1, 0.15) is 0 Å². The average molecular weight is 298 g/mol. The van der Waals surface area contributed by atoms with Crippen LogP contribution in [0.1, 0.15) is 44.1 Å². The lowest BCUT2D eigenvalue weighted by Crippen LogP contribution is -2.12. The maximum Gasteiger partial charge on any atom is 0.180 e. The van der Waals surface area contributed by atoms with E-state index in [9.17, 15) is 0 Å². The first-order chi connectivity index (χ1) is 9.74. The Hall–Kier alpha value is -0.930. The fourth-order valence-electron chi connectivity index (χ4n) is 2.68. The predicted octanol–water partition coefficient (Wildman–Crippen LogP) is 3.95. The first-order valence-electron chi connectivity index (χ1n) is 7.47. The van der Waals surface area contributed by atoms with Gasteiger partial charge in [0, 0.05) is 0 Å². The van der Waals surface area contributed by atoms with Gasteiger partial charge >= 0.3 is 0 Å². The molecule has 0 amide bonds. The van der Waals surface area contributed by atoms with E-state index in [1.54, 1.807) is 7.11 Å². The molecule has 1 aromatic rings. The third kappa shape index (κ3) is 4.03. The number of nitrogens with two attached hydrogens (primary N) is 1. The van der Waals surface area contributed by atoms with Gasteiger partial charge in [-0.25, -0.2) is 0 Å². The highest BCUT2D eigenvalue weighted by Gasteiger charge is 2.20. The van der Waals surface area contributed by atoms with E-state index in [4.69, 9.17) is 26.8 Å². The van der Waals surface area contributed by atoms with Gasteiger partial charge in [0.25, 0.3) is 0 Å². The molecule has 4 heteroatoms. The van der Waals surface area contributed by atoms with E-state index in [2.05, 4.69) is 0 Å². The van der Waals surface area contributed by atoms with Gasteiger partial charge < -0.3 is 15.2 Å². The molecule has 1 fully saturated rings. The topological polar surface area (TPSA) is 44.5 Å². The Balaban J connectivity index is 2.10. The van der Waals surface area contributed by atoms with Crippen molar-refractivity contribution in [3.63, 3.8) is 0 Å². The molecule has 0 bridgehead atoms. The van der Waals surface area contributed by atoms with Crippen LogP contribution < -0.4 is 15.2 Å². The van der Waals surface area contributed by atoms with Crippen LogP contribution in [0.15, 0.2) is 12.1 Å². The number of ether oxygens (including phenoxy) is 2. The second-order valence-electron chi connectivity index (χ2n) is 5.38. The molecule has 0 aliphatic heterocycles. The van der Waals surface area contributed by atoms with Crippen molar-refractivity contribution in [2.24, 2.45) is 5.73 Å². The molecule has 112 valence electrons. The number of hydrogen-bond acceptors (Lipinski definition) is 3. The Morgan fingerprint density at radius 3 is 2.65 bits per heavy atom. The van der Waals surface area contributed by atoms with Crippen LogP contribution in [0.3, 0.4) is 0 Å². The maximum absolute atomic E-state index is 6.37. The fraction of sp³-hybridized carbons (Fsp3) is 0.625. The molecule has 0 radical (unpaired) electrons. The van der Waals surface area contributed by atoms with Crippen LogP contribution in [0, 0.1) is 0 Å². The standard InChI is InChI=1S/C16H24ClNO2/c1-19-15-11-12(6-4-5-9-18)10-14(17)16(15)20-13-7-2-3-8-13/h10-11,13H,2-9,18H2,1H3. The minimum absolute atomic E-state index is 0.282. The smallest absolute Gasteiger partial charge is 0.180 e. The highest BCUT2D eigenvalue weighted by molar-refractivity contribution is 6.32. The summed E-state index contributed by atoms with van der Waals surface area (Å²) >= 11 is 6.37. The molecule has 2 N–H and O–H groups in total. The van der Waals surface area contributed by atoms with Gasteiger partial charge in [0.2, 0.25) is 0 Å². The Kier molecular flexibility index (Phi) is 5.99. The van der Waals surface area contributed by atoms with Crippen molar-refractivity contribution in [1.29, 1.82) is 0 Å². The monoisotopic (exact) mass is 297 g/mol. The van der Waals surface area contributed by atoms with Crippen LogP contribution in [0.2, 0.25) is 5.02 Å². The lowest BCUT2D eigenvalue weighted by molar-refractivity contribution is 0.201. The van der Waals surface area contributed by atoms with Crippen LogP contribution in [-0.4, -0.2) is 19.8 Å². The highest BCUT2D eigenvalue weighted by atomic mass is 35.5. The summed E-state index contributed by atoms with van der Waals surface area (Å²) in [5, 5.41) is 0.652. The number of methoxy groups -OCH3 is 1. The molecule has 1 aromatic carbocycles. The Bertz CT molecular complexity index is 431. The van der Waals surface area contributed by atoms with E-state index in [1.165, 1.54) is 18.4 Å². The zero-order chi connectivity index (χ0) is 14.4. The van der Waals surface area contributed by atoms with Gasteiger partial charge in [-0.05, 0) is 69.2 Å². The quantitative estimate of drug-likeness (QED) is 0.775. The van der Waals surface area contributed by atoms with Crippen molar-refractivity contribution in [2.75, 3.05) is 13.7 Å². The van der Waals surface area contributed by atoms with Gasteiger partial charge in [0.15, 0.2) is 11.5 Å². The molecule has 2 rings (SSSR count). The van der Waals surface area contributed by atoms with Crippen molar-refractivity contribution in [1.82, 2.24) is 0 Å². The average Bonchev–Trinajstić information content (AvgIpc) is 2.94. The van der Waals surface area contributed by atoms with Gasteiger partial charge in [0.05, 0.1) is 18.2 Å². The summed E-state index contributed by atoms with van der Waals surface area (Å²) in [7, 11) is 1.66. The molecule has 0 spiro atoms. The second-order valence-corrected chi connectivity index (χ2v) is 5.79. The number of aryl methyl sites for hydroxylation is 1. The van der Waals surface area contributed by atoms with Crippen LogP contribution in [0.25, 0.3) is 0 Å². The summed E-state index contributed by atoms with van der Waals surface area (Å²) in [6.45, 7) is 0.730. The molecule has 0 unspecified atom stereocenters. The van der Waals surface area contributed by atoms with Gasteiger partial charge in [-0.2, -0.15) is 0 Å².